The molecule has 1 aromatic rings. The molecule has 1 aromatic carbocycles. The molecule has 0 aliphatic rings. The molecular formula is C13H15F2NO3. The first kappa shape index (κ1) is 15.1. The maximum atomic E-state index is 12.6. The number of benzene rings is 1. The minimum absolute atomic E-state index is 0.163. The summed E-state index contributed by atoms with van der Waals surface area (Å²) in [5, 5.41) is 2.37. The zero-order chi connectivity index (χ0) is 14.6. The smallest absolute Gasteiger partial charge is 0.412 e. The van der Waals surface area contributed by atoms with Crippen LogP contribution in [0.4, 0.5) is 19.3 Å². The van der Waals surface area contributed by atoms with Crippen LogP contribution in [0.1, 0.15) is 43.1 Å². The van der Waals surface area contributed by atoms with Gasteiger partial charge in [0.1, 0.15) is 5.60 Å². The third kappa shape index (κ3) is 4.65. The van der Waals surface area contributed by atoms with Crippen LogP contribution in [0.25, 0.3) is 0 Å². The molecule has 0 radical (unpaired) electrons. The first-order valence-corrected chi connectivity index (χ1v) is 5.60. The number of alkyl halides is 2. The Morgan fingerprint density at radius 2 is 2.00 bits per heavy atom. The molecule has 0 unspecified atom stereocenters. The van der Waals surface area contributed by atoms with Gasteiger partial charge in [0.25, 0.3) is 6.43 Å². The average molecular weight is 271 g/mol. The molecule has 104 valence electrons. The molecule has 0 spiro atoms. The number of nitrogens with one attached hydrogen (secondary N) is 1. The van der Waals surface area contributed by atoms with Gasteiger partial charge in [0, 0.05) is 16.8 Å². The molecular weight excluding hydrogens is 256 g/mol. The van der Waals surface area contributed by atoms with E-state index in [0.29, 0.717) is 6.29 Å². The summed E-state index contributed by atoms with van der Waals surface area (Å²) in [5.41, 5.74) is -0.977. The molecule has 0 saturated heterocycles. The van der Waals surface area contributed by atoms with Crippen molar-refractivity contribution in [1.29, 1.82) is 0 Å². The molecule has 0 aliphatic carbocycles. The SMILES string of the molecule is CC(C)(C)OC(=O)Nc1ccc(C(F)F)c(C=O)c1. The van der Waals surface area contributed by atoms with Gasteiger partial charge in [-0.05, 0) is 32.9 Å². The monoisotopic (exact) mass is 271 g/mol. The highest BCUT2D eigenvalue weighted by Gasteiger charge is 2.17. The number of anilines is 1. The Morgan fingerprint density at radius 3 is 2.47 bits per heavy atom. The van der Waals surface area contributed by atoms with Crippen molar-refractivity contribution in [2.45, 2.75) is 32.8 Å². The van der Waals surface area contributed by atoms with Crippen LogP contribution in [0.2, 0.25) is 0 Å². The van der Waals surface area contributed by atoms with E-state index in [1.54, 1.807) is 20.8 Å². The summed E-state index contributed by atoms with van der Waals surface area (Å²) < 4.78 is 30.1. The van der Waals surface area contributed by atoms with Gasteiger partial charge in [-0.25, -0.2) is 13.6 Å². The third-order valence-electron chi connectivity index (χ3n) is 2.09. The van der Waals surface area contributed by atoms with E-state index in [4.69, 9.17) is 4.74 Å². The number of aldehydes is 1. The molecule has 1 N–H and O–H groups in total. The Labute approximate surface area is 109 Å². The molecule has 0 heterocycles. The van der Waals surface area contributed by atoms with Crippen molar-refractivity contribution in [2.75, 3.05) is 5.32 Å². The van der Waals surface area contributed by atoms with Crippen molar-refractivity contribution >= 4 is 18.1 Å². The topological polar surface area (TPSA) is 55.4 Å². The molecule has 0 aromatic heterocycles. The lowest BCUT2D eigenvalue weighted by molar-refractivity contribution is 0.0635. The number of amides is 1. The number of hydrogen-bond donors (Lipinski definition) is 1. The standard InChI is InChI=1S/C13H15F2NO3/c1-13(2,3)19-12(18)16-9-4-5-10(11(14)15)8(6-9)7-17/h4-7,11H,1-3H3,(H,16,18). The Kier molecular flexibility index (Phi) is 4.58. The van der Waals surface area contributed by atoms with Crippen LogP contribution in [-0.2, 0) is 4.74 Å². The van der Waals surface area contributed by atoms with E-state index >= 15 is 0 Å². The van der Waals surface area contributed by atoms with E-state index in [2.05, 4.69) is 5.32 Å². The second kappa shape index (κ2) is 5.77. The summed E-state index contributed by atoms with van der Waals surface area (Å²) in [6.07, 6.45) is -3.13. The molecule has 0 saturated carbocycles. The Bertz CT molecular complexity index is 481. The van der Waals surface area contributed by atoms with Crippen LogP contribution in [0.15, 0.2) is 18.2 Å². The Morgan fingerprint density at radius 1 is 1.37 bits per heavy atom. The Balaban J connectivity index is 2.86. The molecule has 0 fully saturated rings. The van der Waals surface area contributed by atoms with Crippen LogP contribution >= 0.6 is 0 Å². The highest BCUT2D eigenvalue weighted by atomic mass is 19.3. The summed E-state index contributed by atoms with van der Waals surface area (Å²) in [7, 11) is 0. The van der Waals surface area contributed by atoms with Crippen molar-refractivity contribution < 1.29 is 23.1 Å². The van der Waals surface area contributed by atoms with Crippen LogP contribution in [0.3, 0.4) is 0 Å². The highest BCUT2D eigenvalue weighted by molar-refractivity contribution is 5.87. The average Bonchev–Trinajstić information content (AvgIpc) is 2.25. The van der Waals surface area contributed by atoms with Gasteiger partial charge in [-0.15, -0.1) is 0 Å². The molecule has 4 nitrogen and oxygen atoms in total. The van der Waals surface area contributed by atoms with E-state index < -0.39 is 18.1 Å². The number of ether oxygens (including phenoxy) is 1. The van der Waals surface area contributed by atoms with Crippen molar-refractivity contribution in [3.8, 4) is 0 Å². The van der Waals surface area contributed by atoms with Gasteiger partial charge in [-0.1, -0.05) is 6.07 Å². The van der Waals surface area contributed by atoms with Crippen molar-refractivity contribution in [3.05, 3.63) is 29.3 Å². The lowest BCUT2D eigenvalue weighted by atomic mass is 10.1. The van der Waals surface area contributed by atoms with Gasteiger partial charge in [0.2, 0.25) is 0 Å². The zero-order valence-electron chi connectivity index (χ0n) is 10.9. The summed E-state index contributed by atoms with van der Waals surface area (Å²) in [4.78, 5) is 22.2. The summed E-state index contributed by atoms with van der Waals surface area (Å²) in [6, 6.07) is 3.57. The number of carbonyl (C=O) groups excluding carboxylic acids is 2. The predicted octanol–water partition coefficient (Wildman–Crippen LogP) is 3.78. The highest BCUT2D eigenvalue weighted by Crippen LogP contribution is 2.24. The van der Waals surface area contributed by atoms with Crippen molar-refractivity contribution in [1.82, 2.24) is 0 Å². The van der Waals surface area contributed by atoms with E-state index in [1.165, 1.54) is 12.1 Å². The fourth-order valence-electron chi connectivity index (χ4n) is 1.37. The van der Waals surface area contributed by atoms with E-state index in [0.717, 1.165) is 6.07 Å². The number of hydrogen-bond acceptors (Lipinski definition) is 3. The first-order chi connectivity index (χ1) is 8.73. The summed E-state index contributed by atoms with van der Waals surface area (Å²) in [5.74, 6) is 0. The second-order valence-electron chi connectivity index (χ2n) is 4.89. The Hall–Kier alpha value is -1.98. The molecule has 1 rings (SSSR count). The quantitative estimate of drug-likeness (QED) is 0.851. The van der Waals surface area contributed by atoms with Gasteiger partial charge in [0.15, 0.2) is 6.29 Å². The minimum atomic E-state index is -2.74. The first-order valence-electron chi connectivity index (χ1n) is 5.60. The second-order valence-corrected chi connectivity index (χ2v) is 4.89. The van der Waals surface area contributed by atoms with E-state index in [1.807, 2.05) is 0 Å². The van der Waals surface area contributed by atoms with Crippen LogP contribution < -0.4 is 5.32 Å². The summed E-state index contributed by atoms with van der Waals surface area (Å²) >= 11 is 0. The fourth-order valence-corrected chi connectivity index (χ4v) is 1.37. The molecule has 0 aliphatic heterocycles. The maximum absolute atomic E-state index is 12.6. The molecule has 1 amide bonds. The molecule has 19 heavy (non-hydrogen) atoms. The van der Waals surface area contributed by atoms with Crippen LogP contribution in [0.5, 0.6) is 0 Å². The van der Waals surface area contributed by atoms with Crippen molar-refractivity contribution in [2.24, 2.45) is 0 Å². The number of rotatable bonds is 3. The number of carbonyl (C=O) groups is 2. The maximum Gasteiger partial charge on any atom is 0.412 e. The molecule has 0 atom stereocenters. The van der Waals surface area contributed by atoms with Crippen molar-refractivity contribution in [3.63, 3.8) is 0 Å². The summed E-state index contributed by atoms with van der Waals surface area (Å²) in [6.45, 7) is 5.09. The van der Waals surface area contributed by atoms with Crippen LogP contribution in [-0.4, -0.2) is 18.0 Å². The lowest BCUT2D eigenvalue weighted by Crippen LogP contribution is -2.27. The third-order valence-corrected chi connectivity index (χ3v) is 2.09. The number of halogens is 2. The predicted molar refractivity (Wildman–Crippen MR) is 66.6 cm³/mol. The normalized spacial score (nSPS) is 11.3. The lowest BCUT2D eigenvalue weighted by Gasteiger charge is -2.19. The van der Waals surface area contributed by atoms with E-state index in [9.17, 15) is 18.4 Å². The van der Waals surface area contributed by atoms with Gasteiger partial charge in [0.05, 0.1) is 0 Å². The molecule has 0 bridgehead atoms. The van der Waals surface area contributed by atoms with Gasteiger partial charge < -0.3 is 4.74 Å². The van der Waals surface area contributed by atoms with Gasteiger partial charge in [-0.3, -0.25) is 10.1 Å². The minimum Gasteiger partial charge on any atom is -0.444 e. The van der Waals surface area contributed by atoms with Gasteiger partial charge in [-0.2, -0.15) is 0 Å². The molecule has 6 heteroatoms. The largest absolute Gasteiger partial charge is 0.444 e. The van der Waals surface area contributed by atoms with E-state index in [-0.39, 0.29) is 16.8 Å². The van der Waals surface area contributed by atoms with Gasteiger partial charge >= 0.3 is 6.09 Å². The zero-order valence-corrected chi connectivity index (χ0v) is 10.9. The van der Waals surface area contributed by atoms with Crippen LogP contribution in [0, 0.1) is 0 Å². The fraction of sp³-hybridized carbons (Fsp3) is 0.385.